The summed E-state index contributed by atoms with van der Waals surface area (Å²) in [4.78, 5) is 25.2. The minimum atomic E-state index is -0.404. The van der Waals surface area contributed by atoms with E-state index in [1.54, 1.807) is 0 Å². The Balaban J connectivity index is 2.77. The van der Waals surface area contributed by atoms with Crippen molar-refractivity contribution < 1.29 is 14.3 Å². The standard InChI is InChI=1S/C15H22N2O3/c1-3-8-17(11-15(19)20-2)14(18)9-12-6-4-5-7-13(12)10-16/h4-7H,3,8-11,16H2,1-2H3. The van der Waals surface area contributed by atoms with Crippen LogP contribution in [0.15, 0.2) is 24.3 Å². The monoisotopic (exact) mass is 278 g/mol. The zero-order valence-corrected chi connectivity index (χ0v) is 12.1. The molecule has 1 aromatic carbocycles. The normalized spacial score (nSPS) is 10.2. The summed E-state index contributed by atoms with van der Waals surface area (Å²) in [5, 5.41) is 0. The molecule has 0 radical (unpaired) electrons. The summed E-state index contributed by atoms with van der Waals surface area (Å²) in [5.41, 5.74) is 7.53. The molecule has 0 unspecified atom stereocenters. The summed E-state index contributed by atoms with van der Waals surface area (Å²) in [6.45, 7) is 2.90. The molecule has 0 aliphatic heterocycles. The third-order valence-electron chi connectivity index (χ3n) is 3.07. The number of nitrogens with two attached hydrogens (primary N) is 1. The van der Waals surface area contributed by atoms with Crippen LogP contribution in [0.5, 0.6) is 0 Å². The summed E-state index contributed by atoms with van der Waals surface area (Å²) >= 11 is 0. The number of hydrogen-bond acceptors (Lipinski definition) is 4. The second kappa shape index (κ2) is 8.32. The fourth-order valence-electron chi connectivity index (χ4n) is 1.99. The second-order valence-electron chi connectivity index (χ2n) is 4.54. The predicted octanol–water partition coefficient (Wildman–Crippen LogP) is 1.10. The van der Waals surface area contributed by atoms with E-state index in [1.165, 1.54) is 12.0 Å². The third-order valence-corrected chi connectivity index (χ3v) is 3.07. The predicted molar refractivity (Wildman–Crippen MR) is 76.9 cm³/mol. The molecule has 5 nitrogen and oxygen atoms in total. The van der Waals surface area contributed by atoms with E-state index in [1.807, 2.05) is 31.2 Å². The topological polar surface area (TPSA) is 72.6 Å². The van der Waals surface area contributed by atoms with E-state index in [0.29, 0.717) is 13.1 Å². The van der Waals surface area contributed by atoms with Crippen LogP contribution in [0.25, 0.3) is 0 Å². The van der Waals surface area contributed by atoms with Crippen molar-refractivity contribution in [2.45, 2.75) is 26.3 Å². The molecule has 110 valence electrons. The van der Waals surface area contributed by atoms with Crippen LogP contribution in [0.4, 0.5) is 0 Å². The fourth-order valence-corrected chi connectivity index (χ4v) is 1.99. The quantitative estimate of drug-likeness (QED) is 0.758. The zero-order valence-electron chi connectivity index (χ0n) is 12.1. The molecule has 0 saturated carbocycles. The van der Waals surface area contributed by atoms with Crippen molar-refractivity contribution in [3.63, 3.8) is 0 Å². The number of methoxy groups -OCH3 is 1. The molecule has 20 heavy (non-hydrogen) atoms. The van der Waals surface area contributed by atoms with E-state index in [9.17, 15) is 9.59 Å². The summed E-state index contributed by atoms with van der Waals surface area (Å²) in [6, 6.07) is 7.58. The lowest BCUT2D eigenvalue weighted by Gasteiger charge is -2.21. The third kappa shape index (κ3) is 4.66. The average molecular weight is 278 g/mol. The summed E-state index contributed by atoms with van der Waals surface area (Å²) in [6.07, 6.45) is 1.05. The first kappa shape index (κ1) is 16.2. The van der Waals surface area contributed by atoms with Crippen LogP contribution in [0, 0.1) is 0 Å². The number of hydrogen-bond donors (Lipinski definition) is 1. The smallest absolute Gasteiger partial charge is 0.325 e. The van der Waals surface area contributed by atoms with E-state index in [-0.39, 0.29) is 18.9 Å². The molecule has 0 aromatic heterocycles. The molecule has 1 rings (SSSR count). The number of carbonyl (C=O) groups is 2. The van der Waals surface area contributed by atoms with Crippen LogP contribution in [0.2, 0.25) is 0 Å². The molecular weight excluding hydrogens is 256 g/mol. The molecule has 0 fully saturated rings. The Morgan fingerprint density at radius 2 is 1.90 bits per heavy atom. The fraction of sp³-hybridized carbons (Fsp3) is 0.467. The van der Waals surface area contributed by atoms with Gasteiger partial charge in [0.15, 0.2) is 0 Å². The van der Waals surface area contributed by atoms with Gasteiger partial charge in [0, 0.05) is 13.1 Å². The van der Waals surface area contributed by atoms with E-state index in [0.717, 1.165) is 17.5 Å². The summed E-state index contributed by atoms with van der Waals surface area (Å²) < 4.78 is 4.62. The number of nitrogens with zero attached hydrogens (tertiary/aromatic N) is 1. The molecule has 0 atom stereocenters. The van der Waals surface area contributed by atoms with Gasteiger partial charge in [0.25, 0.3) is 0 Å². The number of benzene rings is 1. The Morgan fingerprint density at radius 1 is 1.25 bits per heavy atom. The maximum atomic E-state index is 12.3. The molecule has 0 bridgehead atoms. The number of carbonyl (C=O) groups excluding carboxylic acids is 2. The molecule has 1 aromatic rings. The largest absolute Gasteiger partial charge is 0.468 e. The number of rotatable bonds is 7. The Morgan fingerprint density at radius 3 is 2.45 bits per heavy atom. The molecule has 1 amide bonds. The first-order valence-electron chi connectivity index (χ1n) is 6.73. The van der Waals surface area contributed by atoms with E-state index in [2.05, 4.69) is 4.74 Å². The van der Waals surface area contributed by atoms with Gasteiger partial charge in [-0.05, 0) is 17.5 Å². The van der Waals surface area contributed by atoms with Gasteiger partial charge >= 0.3 is 5.97 Å². The molecule has 0 saturated heterocycles. The Labute approximate surface area is 119 Å². The van der Waals surface area contributed by atoms with Crippen molar-refractivity contribution in [1.29, 1.82) is 0 Å². The first-order chi connectivity index (χ1) is 9.62. The van der Waals surface area contributed by atoms with Crippen LogP contribution in [0.3, 0.4) is 0 Å². The molecule has 0 spiro atoms. The van der Waals surface area contributed by atoms with Gasteiger partial charge in [-0.1, -0.05) is 31.2 Å². The number of ether oxygens (including phenoxy) is 1. The molecule has 0 heterocycles. The van der Waals surface area contributed by atoms with Crippen molar-refractivity contribution >= 4 is 11.9 Å². The molecule has 5 heteroatoms. The van der Waals surface area contributed by atoms with Gasteiger partial charge in [-0.2, -0.15) is 0 Å². The van der Waals surface area contributed by atoms with Crippen molar-refractivity contribution in [2.24, 2.45) is 5.73 Å². The van der Waals surface area contributed by atoms with Crippen molar-refractivity contribution in [2.75, 3.05) is 20.2 Å². The molecule has 0 aliphatic rings. The van der Waals surface area contributed by atoms with Gasteiger partial charge < -0.3 is 15.4 Å². The molecule has 2 N–H and O–H groups in total. The van der Waals surface area contributed by atoms with Crippen LogP contribution < -0.4 is 5.73 Å². The van der Waals surface area contributed by atoms with Crippen LogP contribution in [0.1, 0.15) is 24.5 Å². The minimum absolute atomic E-state index is 0.00599. The Kier molecular flexibility index (Phi) is 6.73. The summed E-state index contributed by atoms with van der Waals surface area (Å²) in [5.74, 6) is -0.489. The van der Waals surface area contributed by atoms with Gasteiger partial charge in [-0.3, -0.25) is 9.59 Å². The maximum Gasteiger partial charge on any atom is 0.325 e. The lowest BCUT2D eigenvalue weighted by atomic mass is 10.0. The van der Waals surface area contributed by atoms with E-state index >= 15 is 0 Å². The second-order valence-corrected chi connectivity index (χ2v) is 4.54. The van der Waals surface area contributed by atoms with Crippen LogP contribution in [-0.2, 0) is 27.3 Å². The highest BCUT2D eigenvalue weighted by atomic mass is 16.5. The lowest BCUT2D eigenvalue weighted by molar-refractivity contribution is -0.146. The van der Waals surface area contributed by atoms with E-state index < -0.39 is 5.97 Å². The van der Waals surface area contributed by atoms with Gasteiger partial charge in [0.2, 0.25) is 5.91 Å². The first-order valence-corrected chi connectivity index (χ1v) is 6.73. The maximum absolute atomic E-state index is 12.3. The van der Waals surface area contributed by atoms with Crippen LogP contribution in [-0.4, -0.2) is 37.0 Å². The van der Waals surface area contributed by atoms with Gasteiger partial charge in [0.05, 0.1) is 13.5 Å². The highest BCUT2D eigenvalue weighted by Gasteiger charge is 2.17. The molecule has 0 aliphatic carbocycles. The Hall–Kier alpha value is -1.88. The van der Waals surface area contributed by atoms with E-state index in [4.69, 9.17) is 5.73 Å². The SMILES string of the molecule is CCCN(CC(=O)OC)C(=O)Cc1ccccc1CN. The average Bonchev–Trinajstić information content (AvgIpc) is 2.47. The highest BCUT2D eigenvalue weighted by molar-refractivity contribution is 5.83. The molecular formula is C15H22N2O3. The highest BCUT2D eigenvalue weighted by Crippen LogP contribution is 2.10. The van der Waals surface area contributed by atoms with Crippen molar-refractivity contribution in [3.8, 4) is 0 Å². The van der Waals surface area contributed by atoms with Gasteiger partial charge in [-0.15, -0.1) is 0 Å². The number of amides is 1. The minimum Gasteiger partial charge on any atom is -0.468 e. The van der Waals surface area contributed by atoms with Gasteiger partial charge in [-0.25, -0.2) is 0 Å². The number of esters is 1. The lowest BCUT2D eigenvalue weighted by Crippen LogP contribution is -2.37. The zero-order chi connectivity index (χ0) is 15.0. The van der Waals surface area contributed by atoms with Crippen molar-refractivity contribution in [3.05, 3.63) is 35.4 Å². The summed E-state index contributed by atoms with van der Waals surface area (Å²) in [7, 11) is 1.32. The Bertz CT molecular complexity index is 460. The van der Waals surface area contributed by atoms with Crippen molar-refractivity contribution in [1.82, 2.24) is 4.90 Å². The van der Waals surface area contributed by atoms with Crippen LogP contribution >= 0.6 is 0 Å². The van der Waals surface area contributed by atoms with Gasteiger partial charge in [0.1, 0.15) is 6.54 Å².